The molecule has 1 spiro atoms. The van der Waals surface area contributed by atoms with Gasteiger partial charge in [-0.2, -0.15) is 0 Å². The molecule has 3 fully saturated rings. The lowest BCUT2D eigenvalue weighted by Crippen LogP contribution is -2.50. The second-order valence-corrected chi connectivity index (χ2v) is 9.36. The average molecular weight is 383 g/mol. The molecule has 3 nitrogen and oxygen atoms in total. The van der Waals surface area contributed by atoms with E-state index in [0.29, 0.717) is 11.6 Å². The summed E-state index contributed by atoms with van der Waals surface area (Å²) in [5.41, 5.74) is 3.67. The van der Waals surface area contributed by atoms with Crippen LogP contribution >= 0.6 is 11.8 Å². The third-order valence-corrected chi connectivity index (χ3v) is 7.59. The summed E-state index contributed by atoms with van der Waals surface area (Å²) in [5, 5.41) is 1.25. The van der Waals surface area contributed by atoms with E-state index in [1.165, 1.54) is 67.9 Å². The first-order chi connectivity index (χ1) is 13.1. The second kappa shape index (κ2) is 7.83. The van der Waals surface area contributed by atoms with Gasteiger partial charge in [-0.05, 0) is 68.9 Å². The van der Waals surface area contributed by atoms with Gasteiger partial charge in [-0.3, -0.25) is 4.79 Å². The van der Waals surface area contributed by atoms with E-state index >= 15 is 0 Å². The van der Waals surface area contributed by atoms with Crippen LogP contribution in [0.15, 0.2) is 29.3 Å². The van der Waals surface area contributed by atoms with Gasteiger partial charge in [0.15, 0.2) is 11.0 Å². The minimum absolute atomic E-state index is 0.0772. The number of aliphatic imine (C=N–C) groups is 1. The van der Waals surface area contributed by atoms with Crippen molar-refractivity contribution in [3.63, 3.8) is 0 Å². The van der Waals surface area contributed by atoms with Crippen molar-refractivity contribution in [1.29, 1.82) is 0 Å². The topological polar surface area (TPSA) is 32.7 Å². The molecule has 144 valence electrons. The summed E-state index contributed by atoms with van der Waals surface area (Å²) in [6.45, 7) is 3.70. The highest BCUT2D eigenvalue weighted by Crippen LogP contribution is 2.48. The van der Waals surface area contributed by atoms with Gasteiger partial charge in [-0.1, -0.05) is 49.6 Å². The highest BCUT2D eigenvalue weighted by molar-refractivity contribution is 8.14. The van der Waals surface area contributed by atoms with Gasteiger partial charge in [0.25, 0.3) is 0 Å². The number of amidine groups is 1. The highest BCUT2D eigenvalue weighted by atomic mass is 32.2. The number of benzene rings is 1. The summed E-state index contributed by atoms with van der Waals surface area (Å²) in [4.78, 5) is 19.1. The number of carbonyl (C=O) groups is 1. The van der Waals surface area contributed by atoms with Crippen molar-refractivity contribution >= 4 is 34.5 Å². The first kappa shape index (κ1) is 18.8. The molecule has 0 bridgehead atoms. The van der Waals surface area contributed by atoms with Crippen LogP contribution in [0.5, 0.6) is 0 Å². The predicted octanol–water partition coefficient (Wildman–Crippen LogP) is 5.89. The van der Waals surface area contributed by atoms with E-state index in [1.54, 1.807) is 13.0 Å². The van der Waals surface area contributed by atoms with Gasteiger partial charge < -0.3 is 4.90 Å². The van der Waals surface area contributed by atoms with Crippen molar-refractivity contribution in [3.8, 4) is 0 Å². The van der Waals surface area contributed by atoms with Gasteiger partial charge >= 0.3 is 0 Å². The van der Waals surface area contributed by atoms with Gasteiger partial charge in [-0.15, -0.1) is 0 Å². The van der Waals surface area contributed by atoms with Crippen molar-refractivity contribution < 1.29 is 4.79 Å². The van der Waals surface area contributed by atoms with Crippen LogP contribution in [0, 0.1) is 6.92 Å². The minimum atomic E-state index is 0.0772. The molecule has 1 aliphatic heterocycles. The van der Waals surface area contributed by atoms with E-state index in [1.807, 2.05) is 17.8 Å². The van der Waals surface area contributed by atoms with Crippen molar-refractivity contribution in [2.45, 2.75) is 76.8 Å². The normalized spacial score (nSPS) is 24.1. The Bertz CT molecular complexity index is 771. The zero-order chi connectivity index (χ0) is 18.9. The lowest BCUT2D eigenvalue weighted by molar-refractivity contribution is -0.112. The van der Waals surface area contributed by atoms with Gasteiger partial charge in [0.2, 0.25) is 0 Å². The van der Waals surface area contributed by atoms with Crippen LogP contribution in [-0.4, -0.2) is 33.2 Å². The maximum absolute atomic E-state index is 11.2. The molecule has 1 aromatic carbocycles. The molecule has 0 unspecified atom stereocenters. The monoisotopic (exact) mass is 382 g/mol. The molecular formula is C23H30N2OS. The third kappa shape index (κ3) is 3.87. The Morgan fingerprint density at radius 3 is 2.63 bits per heavy atom. The average Bonchev–Trinajstić information content (AvgIpc) is 3.38. The van der Waals surface area contributed by atoms with Crippen molar-refractivity contribution in [2.24, 2.45) is 4.99 Å². The summed E-state index contributed by atoms with van der Waals surface area (Å²) in [6.07, 6.45) is 14.3. The smallest absolute Gasteiger partial charge is 0.165 e. The molecule has 27 heavy (non-hydrogen) atoms. The van der Waals surface area contributed by atoms with Crippen molar-refractivity contribution in [1.82, 2.24) is 4.90 Å². The lowest BCUT2D eigenvalue weighted by atomic mass is 9.95. The largest absolute Gasteiger partial charge is 0.342 e. The Balaban J connectivity index is 1.63. The van der Waals surface area contributed by atoms with Crippen molar-refractivity contribution in [3.05, 3.63) is 35.4 Å². The van der Waals surface area contributed by atoms with Crippen LogP contribution < -0.4 is 0 Å². The molecular weight excluding hydrogens is 352 g/mol. The molecule has 2 saturated carbocycles. The van der Waals surface area contributed by atoms with E-state index < -0.39 is 0 Å². The summed E-state index contributed by atoms with van der Waals surface area (Å²) >= 11 is 1.97. The number of hydrogen-bond donors (Lipinski definition) is 0. The molecule has 0 aromatic heterocycles. The molecule has 0 atom stereocenters. The van der Waals surface area contributed by atoms with E-state index in [9.17, 15) is 4.79 Å². The highest BCUT2D eigenvalue weighted by Gasteiger charge is 2.49. The van der Waals surface area contributed by atoms with Crippen LogP contribution in [0.25, 0.3) is 6.08 Å². The Hall–Kier alpha value is -1.55. The SMILES string of the molecule is CC(=O)/C=C/c1ccc(N=C2SCC3(CCCC3)N2C2CCCC2)c(C)c1. The standard InChI is InChI=1S/C23H30N2OS/c1-17-15-19(10-9-18(2)26)11-12-21(17)24-22-25(20-7-3-4-8-20)23(16-27-22)13-5-6-14-23/h9-12,15,20H,3-8,13-14,16H2,1-2H3/b10-9+,24-22?. The number of allylic oxidation sites excluding steroid dienone is 1. The number of rotatable bonds is 4. The number of carbonyl (C=O) groups excluding carboxylic acids is 1. The van der Waals surface area contributed by atoms with Crippen molar-refractivity contribution in [2.75, 3.05) is 5.75 Å². The zero-order valence-electron chi connectivity index (χ0n) is 16.5. The summed E-state index contributed by atoms with van der Waals surface area (Å²) in [6, 6.07) is 6.99. The molecule has 1 saturated heterocycles. The second-order valence-electron chi connectivity index (χ2n) is 8.41. The fourth-order valence-electron chi connectivity index (χ4n) is 4.98. The maximum Gasteiger partial charge on any atom is 0.165 e. The van der Waals surface area contributed by atoms with Gasteiger partial charge in [-0.25, -0.2) is 4.99 Å². The molecule has 0 N–H and O–H groups in total. The Kier molecular flexibility index (Phi) is 5.45. The Morgan fingerprint density at radius 1 is 1.22 bits per heavy atom. The Labute approximate surface area is 167 Å². The molecule has 0 amide bonds. The number of thioether (sulfide) groups is 1. The fourth-order valence-corrected chi connectivity index (χ4v) is 6.45. The first-order valence-corrected chi connectivity index (χ1v) is 11.4. The van der Waals surface area contributed by atoms with E-state index in [4.69, 9.17) is 4.99 Å². The molecule has 2 aliphatic carbocycles. The number of nitrogens with zero attached hydrogens (tertiary/aromatic N) is 2. The summed E-state index contributed by atoms with van der Waals surface area (Å²) < 4.78 is 0. The molecule has 1 aromatic rings. The first-order valence-electron chi connectivity index (χ1n) is 10.4. The number of aryl methyl sites for hydroxylation is 1. The predicted molar refractivity (Wildman–Crippen MR) is 116 cm³/mol. The van der Waals surface area contributed by atoms with Crippen LogP contribution in [0.3, 0.4) is 0 Å². The van der Waals surface area contributed by atoms with Crippen LogP contribution in [0.4, 0.5) is 5.69 Å². The van der Waals surface area contributed by atoms with E-state index in [-0.39, 0.29) is 5.78 Å². The minimum Gasteiger partial charge on any atom is -0.342 e. The number of hydrogen-bond acceptors (Lipinski definition) is 3. The lowest BCUT2D eigenvalue weighted by Gasteiger charge is -2.40. The fraction of sp³-hybridized carbons (Fsp3) is 0.565. The molecule has 3 aliphatic rings. The van der Waals surface area contributed by atoms with E-state index in [2.05, 4.69) is 30.0 Å². The quantitative estimate of drug-likeness (QED) is 0.609. The number of ketones is 1. The van der Waals surface area contributed by atoms with E-state index in [0.717, 1.165) is 11.3 Å². The Morgan fingerprint density at radius 2 is 1.96 bits per heavy atom. The molecule has 0 radical (unpaired) electrons. The van der Waals surface area contributed by atoms with Crippen LogP contribution in [0.1, 0.15) is 69.4 Å². The zero-order valence-corrected chi connectivity index (χ0v) is 17.4. The van der Waals surface area contributed by atoms with Gasteiger partial charge in [0.05, 0.1) is 11.2 Å². The van der Waals surface area contributed by atoms with Gasteiger partial charge in [0.1, 0.15) is 0 Å². The van der Waals surface area contributed by atoms with Gasteiger partial charge in [0, 0.05) is 11.8 Å². The van der Waals surface area contributed by atoms with Crippen LogP contribution in [-0.2, 0) is 4.79 Å². The summed E-state index contributed by atoms with van der Waals surface area (Å²) in [5.74, 6) is 1.29. The third-order valence-electron chi connectivity index (χ3n) is 6.36. The van der Waals surface area contributed by atoms with Crippen LogP contribution in [0.2, 0.25) is 0 Å². The molecule has 1 heterocycles. The molecule has 4 rings (SSSR count). The summed E-state index contributed by atoms with van der Waals surface area (Å²) in [7, 11) is 0. The molecule has 4 heteroatoms. The maximum atomic E-state index is 11.2.